The molecule has 2 aromatic carbocycles. The van der Waals surface area contributed by atoms with Gasteiger partial charge in [0.2, 0.25) is 0 Å². The average Bonchev–Trinajstić information content (AvgIpc) is 2.68. The first-order valence-corrected chi connectivity index (χ1v) is 9.58. The summed E-state index contributed by atoms with van der Waals surface area (Å²) in [7, 11) is 0. The minimum absolute atomic E-state index is 0.246. The van der Waals surface area contributed by atoms with Crippen LogP contribution >= 0.6 is 0 Å². The molecule has 0 unspecified atom stereocenters. The van der Waals surface area contributed by atoms with Gasteiger partial charge in [0.1, 0.15) is 23.5 Å². The SMILES string of the molecule is Cc1ccc(-c2cc3c(N)ncnc3nc2-c2ccc(OC(C)(C)C)cc2)cc1. The lowest BCUT2D eigenvalue weighted by Crippen LogP contribution is -2.22. The smallest absolute Gasteiger partial charge is 0.165 e. The van der Waals surface area contributed by atoms with E-state index in [0.29, 0.717) is 11.5 Å². The van der Waals surface area contributed by atoms with Crippen LogP contribution in [0.4, 0.5) is 5.82 Å². The van der Waals surface area contributed by atoms with E-state index in [9.17, 15) is 0 Å². The van der Waals surface area contributed by atoms with Gasteiger partial charge in [-0.25, -0.2) is 15.0 Å². The van der Waals surface area contributed by atoms with Crippen molar-refractivity contribution in [1.29, 1.82) is 0 Å². The molecule has 4 aromatic rings. The van der Waals surface area contributed by atoms with Crippen molar-refractivity contribution in [2.75, 3.05) is 5.73 Å². The Morgan fingerprint density at radius 2 is 1.52 bits per heavy atom. The van der Waals surface area contributed by atoms with E-state index in [4.69, 9.17) is 15.5 Å². The highest BCUT2D eigenvalue weighted by molar-refractivity contribution is 5.94. The van der Waals surface area contributed by atoms with Crippen LogP contribution in [-0.2, 0) is 0 Å². The van der Waals surface area contributed by atoms with Gasteiger partial charge in [-0.15, -0.1) is 0 Å². The first-order valence-electron chi connectivity index (χ1n) is 9.58. The summed E-state index contributed by atoms with van der Waals surface area (Å²) in [6.45, 7) is 8.17. The lowest BCUT2D eigenvalue weighted by molar-refractivity contribution is 0.131. The Morgan fingerprint density at radius 1 is 0.862 bits per heavy atom. The van der Waals surface area contributed by atoms with Gasteiger partial charge in [-0.1, -0.05) is 29.8 Å². The molecule has 146 valence electrons. The molecule has 0 radical (unpaired) electrons. The Hall–Kier alpha value is -3.47. The molecule has 2 N–H and O–H groups in total. The fourth-order valence-electron chi connectivity index (χ4n) is 3.21. The van der Waals surface area contributed by atoms with Gasteiger partial charge in [-0.05, 0) is 63.6 Å². The topological polar surface area (TPSA) is 73.9 Å². The molecule has 0 spiro atoms. The Morgan fingerprint density at radius 3 is 2.17 bits per heavy atom. The number of nitrogens with zero attached hydrogens (tertiary/aromatic N) is 3. The monoisotopic (exact) mass is 384 g/mol. The zero-order valence-corrected chi connectivity index (χ0v) is 17.1. The summed E-state index contributed by atoms with van der Waals surface area (Å²) in [5.74, 6) is 1.25. The van der Waals surface area contributed by atoms with E-state index in [-0.39, 0.29) is 5.60 Å². The van der Waals surface area contributed by atoms with Crippen LogP contribution in [0.25, 0.3) is 33.4 Å². The maximum absolute atomic E-state index is 6.09. The van der Waals surface area contributed by atoms with Crippen LogP contribution in [0.1, 0.15) is 26.3 Å². The molecule has 0 saturated heterocycles. The van der Waals surface area contributed by atoms with E-state index in [1.54, 1.807) is 0 Å². The number of fused-ring (bicyclic) bond motifs is 1. The van der Waals surface area contributed by atoms with Gasteiger partial charge in [0.25, 0.3) is 0 Å². The molecule has 0 amide bonds. The summed E-state index contributed by atoms with van der Waals surface area (Å²) >= 11 is 0. The Kier molecular flexibility index (Phi) is 4.66. The van der Waals surface area contributed by atoms with Crippen LogP contribution in [0.2, 0.25) is 0 Å². The average molecular weight is 384 g/mol. The molecule has 0 bridgehead atoms. The fourth-order valence-corrected chi connectivity index (χ4v) is 3.21. The predicted molar refractivity (Wildman–Crippen MR) is 118 cm³/mol. The zero-order chi connectivity index (χ0) is 20.6. The second kappa shape index (κ2) is 7.17. The van der Waals surface area contributed by atoms with Crippen LogP contribution < -0.4 is 10.5 Å². The summed E-state index contributed by atoms with van der Waals surface area (Å²) in [4.78, 5) is 13.3. The van der Waals surface area contributed by atoms with Crippen LogP contribution in [0.3, 0.4) is 0 Å². The number of rotatable bonds is 3. The van der Waals surface area contributed by atoms with Crippen LogP contribution in [0.15, 0.2) is 60.9 Å². The standard InChI is InChI=1S/C24H24N4O/c1-15-5-7-16(8-6-15)19-13-20-22(25)26-14-27-23(20)28-21(19)17-9-11-18(12-10-17)29-24(2,3)4/h5-14H,1-4H3,(H2,25,26,27,28). The molecular formula is C24H24N4O. The van der Waals surface area contributed by atoms with Gasteiger partial charge >= 0.3 is 0 Å². The van der Waals surface area contributed by atoms with Gasteiger partial charge in [0.05, 0.1) is 11.1 Å². The number of hydrogen-bond donors (Lipinski definition) is 1. The quantitative estimate of drug-likeness (QED) is 0.510. The van der Waals surface area contributed by atoms with Crippen molar-refractivity contribution < 1.29 is 4.74 Å². The molecule has 2 aromatic heterocycles. The lowest BCUT2D eigenvalue weighted by atomic mass is 9.97. The lowest BCUT2D eigenvalue weighted by Gasteiger charge is -2.21. The van der Waals surface area contributed by atoms with Gasteiger partial charge in [-0.2, -0.15) is 0 Å². The van der Waals surface area contributed by atoms with Gasteiger partial charge in [0.15, 0.2) is 5.65 Å². The highest BCUT2D eigenvalue weighted by Crippen LogP contribution is 2.35. The highest BCUT2D eigenvalue weighted by atomic mass is 16.5. The second-order valence-electron chi connectivity index (χ2n) is 8.12. The second-order valence-corrected chi connectivity index (χ2v) is 8.12. The van der Waals surface area contributed by atoms with Crippen molar-refractivity contribution in [3.63, 3.8) is 0 Å². The maximum atomic E-state index is 6.09. The molecule has 5 nitrogen and oxygen atoms in total. The number of nitrogen functional groups attached to an aromatic ring is 1. The number of nitrogens with two attached hydrogens (primary N) is 1. The van der Waals surface area contributed by atoms with Crippen molar-refractivity contribution in [3.05, 3.63) is 66.5 Å². The number of pyridine rings is 1. The summed E-state index contributed by atoms with van der Waals surface area (Å²) in [6, 6.07) is 18.4. The Bertz CT molecular complexity index is 1160. The summed E-state index contributed by atoms with van der Waals surface area (Å²) in [5.41, 5.74) is 11.5. The molecule has 29 heavy (non-hydrogen) atoms. The van der Waals surface area contributed by atoms with E-state index < -0.39 is 0 Å². The normalized spacial score (nSPS) is 11.6. The van der Waals surface area contributed by atoms with Crippen molar-refractivity contribution in [2.45, 2.75) is 33.3 Å². The van der Waals surface area contributed by atoms with Crippen molar-refractivity contribution in [1.82, 2.24) is 15.0 Å². The fraction of sp³-hybridized carbons (Fsp3) is 0.208. The van der Waals surface area contributed by atoms with E-state index in [1.807, 2.05) is 51.1 Å². The number of aromatic nitrogens is 3. The molecule has 0 fully saturated rings. The number of benzene rings is 2. The minimum atomic E-state index is -0.246. The highest BCUT2D eigenvalue weighted by Gasteiger charge is 2.15. The zero-order valence-electron chi connectivity index (χ0n) is 17.1. The Balaban J connectivity index is 1.88. The van der Waals surface area contributed by atoms with Crippen molar-refractivity contribution >= 4 is 16.9 Å². The third kappa shape index (κ3) is 4.04. The van der Waals surface area contributed by atoms with E-state index >= 15 is 0 Å². The van der Waals surface area contributed by atoms with Crippen LogP contribution in [0.5, 0.6) is 5.75 Å². The number of hydrogen-bond acceptors (Lipinski definition) is 5. The molecule has 5 heteroatoms. The molecule has 4 rings (SSSR count). The van der Waals surface area contributed by atoms with E-state index in [1.165, 1.54) is 11.9 Å². The summed E-state index contributed by atoms with van der Waals surface area (Å²) in [5, 5.41) is 0.750. The molecule has 0 atom stereocenters. The van der Waals surface area contributed by atoms with Crippen molar-refractivity contribution in [3.8, 4) is 28.1 Å². The number of aryl methyl sites for hydroxylation is 1. The van der Waals surface area contributed by atoms with Gasteiger partial charge < -0.3 is 10.5 Å². The first-order chi connectivity index (χ1) is 13.8. The number of ether oxygens (including phenoxy) is 1. The third-order valence-electron chi connectivity index (χ3n) is 4.57. The van der Waals surface area contributed by atoms with Gasteiger partial charge in [0, 0.05) is 11.1 Å². The Labute approximate surface area is 170 Å². The van der Waals surface area contributed by atoms with Crippen molar-refractivity contribution in [2.24, 2.45) is 0 Å². The minimum Gasteiger partial charge on any atom is -0.488 e. The molecule has 0 aliphatic carbocycles. The largest absolute Gasteiger partial charge is 0.488 e. The van der Waals surface area contributed by atoms with E-state index in [0.717, 1.165) is 33.5 Å². The molecule has 2 heterocycles. The van der Waals surface area contributed by atoms with E-state index in [2.05, 4.69) is 41.2 Å². The summed E-state index contributed by atoms with van der Waals surface area (Å²) in [6.07, 6.45) is 1.44. The third-order valence-corrected chi connectivity index (χ3v) is 4.57. The molecule has 0 aliphatic rings. The number of anilines is 1. The first kappa shape index (κ1) is 18.9. The maximum Gasteiger partial charge on any atom is 0.165 e. The molecule has 0 aliphatic heterocycles. The molecular weight excluding hydrogens is 360 g/mol. The van der Waals surface area contributed by atoms with Crippen LogP contribution in [-0.4, -0.2) is 20.6 Å². The summed E-state index contributed by atoms with van der Waals surface area (Å²) < 4.78 is 5.95. The predicted octanol–water partition coefficient (Wildman–Crippen LogP) is 5.43. The van der Waals surface area contributed by atoms with Gasteiger partial charge in [-0.3, -0.25) is 0 Å². The molecule has 0 saturated carbocycles. The van der Waals surface area contributed by atoms with Crippen LogP contribution in [0, 0.1) is 6.92 Å².